The second-order valence-corrected chi connectivity index (χ2v) is 7.30. The molecule has 0 saturated heterocycles. The fourth-order valence-corrected chi connectivity index (χ4v) is 3.26. The fourth-order valence-electron chi connectivity index (χ4n) is 3.26. The van der Waals surface area contributed by atoms with Gasteiger partial charge in [-0.2, -0.15) is 0 Å². The van der Waals surface area contributed by atoms with Crippen LogP contribution in [-0.4, -0.2) is 34.9 Å². The van der Waals surface area contributed by atoms with E-state index in [9.17, 15) is 19.6 Å². The number of carbonyl (C=O) groups is 2. The van der Waals surface area contributed by atoms with Crippen LogP contribution in [0.4, 0.5) is 0 Å². The molecular weight excluding hydrogens is 391 g/mol. The first-order valence-corrected chi connectivity index (χ1v) is 10.1. The Kier molecular flexibility index (Phi) is 7.98. The molecule has 0 saturated carbocycles. The lowest BCUT2D eigenvalue weighted by atomic mass is 9.76. The van der Waals surface area contributed by atoms with Crippen LogP contribution in [0.15, 0.2) is 84.9 Å². The summed E-state index contributed by atoms with van der Waals surface area (Å²) in [5.74, 6) is -1.90. The van der Waals surface area contributed by atoms with Crippen molar-refractivity contribution < 1.29 is 19.6 Å². The number of hydrogen-bond acceptors (Lipinski definition) is 4. The molecule has 0 aromatic heterocycles. The lowest BCUT2D eigenvalue weighted by molar-refractivity contribution is -0.129. The normalized spacial score (nSPS) is 11.4. The third-order valence-corrected chi connectivity index (χ3v) is 4.85. The van der Waals surface area contributed by atoms with Gasteiger partial charge in [0.25, 0.3) is 0 Å². The fraction of sp³-hybridized carbons (Fsp3) is 0.167. The molecule has 31 heavy (non-hydrogen) atoms. The van der Waals surface area contributed by atoms with Gasteiger partial charge in [0.05, 0.1) is 5.94 Å². The molecule has 0 spiro atoms. The number of carbonyl (C=O) groups excluding carboxylic acids is 2. The molecule has 0 aliphatic heterocycles. The van der Waals surface area contributed by atoms with Gasteiger partial charge >= 0.3 is 7.12 Å². The Bertz CT molecular complexity index is 997. The van der Waals surface area contributed by atoms with E-state index in [-0.39, 0.29) is 6.42 Å². The Labute approximate surface area is 182 Å². The van der Waals surface area contributed by atoms with Crippen LogP contribution in [-0.2, 0) is 22.6 Å². The first-order chi connectivity index (χ1) is 15.0. The van der Waals surface area contributed by atoms with Crippen molar-refractivity contribution in [3.8, 4) is 11.1 Å². The molecule has 0 radical (unpaired) electrons. The number of rotatable bonds is 9. The number of amides is 2. The summed E-state index contributed by atoms with van der Waals surface area (Å²) in [5, 5.41) is 24.4. The van der Waals surface area contributed by atoms with Crippen LogP contribution in [0, 0.1) is 0 Å². The van der Waals surface area contributed by atoms with E-state index in [2.05, 4.69) is 10.6 Å². The minimum absolute atomic E-state index is 0.248. The van der Waals surface area contributed by atoms with Crippen molar-refractivity contribution in [2.45, 2.75) is 25.3 Å². The summed E-state index contributed by atoms with van der Waals surface area (Å²) in [5.41, 5.74) is 3.90. The van der Waals surface area contributed by atoms with E-state index in [1.807, 2.05) is 84.9 Å². The zero-order valence-corrected chi connectivity index (χ0v) is 17.1. The average Bonchev–Trinajstić information content (AvgIpc) is 2.78. The molecule has 0 bridgehead atoms. The molecular formula is C24H25BN2O4. The minimum Gasteiger partial charge on any atom is -0.426 e. The first kappa shape index (κ1) is 22.3. The average molecular weight is 416 g/mol. The third-order valence-electron chi connectivity index (χ3n) is 4.85. The lowest BCUT2D eigenvalue weighted by Gasteiger charge is -2.18. The number of benzene rings is 3. The molecule has 0 aliphatic carbocycles. The van der Waals surface area contributed by atoms with Gasteiger partial charge < -0.3 is 20.7 Å². The Balaban J connectivity index is 1.50. The number of hydrogen-bond donors (Lipinski definition) is 4. The highest BCUT2D eigenvalue weighted by Gasteiger charge is 2.26. The van der Waals surface area contributed by atoms with E-state index in [1.54, 1.807) is 0 Å². The molecule has 3 rings (SSSR count). The minimum atomic E-state index is -1.73. The van der Waals surface area contributed by atoms with Gasteiger partial charge in [-0.1, -0.05) is 78.9 Å². The van der Waals surface area contributed by atoms with Crippen molar-refractivity contribution in [1.82, 2.24) is 10.6 Å². The SMILES string of the molecule is O=C(CC(=O)NC(Cc1ccccc1)B(O)O)NCc1cccc(-c2ccccc2)c1. The summed E-state index contributed by atoms with van der Waals surface area (Å²) in [7, 11) is -1.73. The summed E-state index contributed by atoms with van der Waals surface area (Å²) in [4.78, 5) is 24.4. The van der Waals surface area contributed by atoms with E-state index in [0.29, 0.717) is 6.54 Å². The monoisotopic (exact) mass is 416 g/mol. The standard InChI is InChI=1S/C24H25BN2O4/c28-23(16-24(29)27-22(25(30)31)15-18-8-3-1-4-9-18)26-17-19-10-7-13-21(14-19)20-11-5-2-6-12-20/h1-14,22,30-31H,15-17H2,(H,26,28)(H,27,29). The van der Waals surface area contributed by atoms with Gasteiger partial charge in [0.15, 0.2) is 0 Å². The molecule has 158 valence electrons. The van der Waals surface area contributed by atoms with Crippen molar-refractivity contribution in [1.29, 1.82) is 0 Å². The van der Waals surface area contributed by atoms with E-state index < -0.39 is 31.3 Å². The second-order valence-electron chi connectivity index (χ2n) is 7.30. The summed E-state index contributed by atoms with van der Waals surface area (Å²) >= 11 is 0. The van der Waals surface area contributed by atoms with Gasteiger partial charge in [0, 0.05) is 6.54 Å². The van der Waals surface area contributed by atoms with Gasteiger partial charge in [0.1, 0.15) is 6.42 Å². The Hall–Kier alpha value is -3.42. The molecule has 1 unspecified atom stereocenters. The number of nitrogens with one attached hydrogen (secondary N) is 2. The van der Waals surface area contributed by atoms with Crippen molar-refractivity contribution >= 4 is 18.9 Å². The highest BCUT2D eigenvalue weighted by molar-refractivity contribution is 6.43. The lowest BCUT2D eigenvalue weighted by Crippen LogP contribution is -2.48. The van der Waals surface area contributed by atoms with E-state index in [0.717, 1.165) is 22.3 Å². The smallest absolute Gasteiger partial charge is 0.426 e. The zero-order chi connectivity index (χ0) is 22.1. The Morgan fingerprint density at radius 3 is 2.06 bits per heavy atom. The van der Waals surface area contributed by atoms with Gasteiger partial charge in [-0.05, 0) is 34.7 Å². The van der Waals surface area contributed by atoms with Crippen molar-refractivity contribution in [3.05, 3.63) is 96.1 Å². The second kappa shape index (κ2) is 11.1. The largest absolute Gasteiger partial charge is 0.475 e. The molecule has 3 aromatic rings. The maximum absolute atomic E-state index is 12.2. The van der Waals surface area contributed by atoms with Crippen LogP contribution in [0.5, 0.6) is 0 Å². The zero-order valence-electron chi connectivity index (χ0n) is 17.1. The van der Waals surface area contributed by atoms with Crippen LogP contribution in [0.25, 0.3) is 11.1 Å². The van der Waals surface area contributed by atoms with Crippen LogP contribution >= 0.6 is 0 Å². The molecule has 0 aliphatic rings. The Morgan fingerprint density at radius 1 is 0.774 bits per heavy atom. The first-order valence-electron chi connectivity index (χ1n) is 10.1. The Morgan fingerprint density at radius 2 is 1.39 bits per heavy atom. The molecule has 6 nitrogen and oxygen atoms in total. The van der Waals surface area contributed by atoms with Crippen LogP contribution in [0.2, 0.25) is 0 Å². The summed E-state index contributed by atoms with van der Waals surface area (Å²) in [6.07, 6.45) is -0.144. The van der Waals surface area contributed by atoms with Gasteiger partial charge in [-0.25, -0.2) is 0 Å². The quantitative estimate of drug-likeness (QED) is 0.317. The molecule has 0 fully saturated rings. The summed E-state index contributed by atoms with van der Waals surface area (Å²) in [6, 6.07) is 26.9. The molecule has 1 atom stereocenters. The summed E-state index contributed by atoms with van der Waals surface area (Å²) < 4.78 is 0. The molecule has 3 aromatic carbocycles. The highest BCUT2D eigenvalue weighted by atomic mass is 16.4. The van der Waals surface area contributed by atoms with Crippen molar-refractivity contribution in [2.24, 2.45) is 0 Å². The topological polar surface area (TPSA) is 98.7 Å². The maximum atomic E-state index is 12.2. The van der Waals surface area contributed by atoms with Crippen molar-refractivity contribution in [2.75, 3.05) is 0 Å². The molecule has 0 heterocycles. The molecule has 7 heteroatoms. The van der Waals surface area contributed by atoms with Crippen LogP contribution in [0.1, 0.15) is 17.5 Å². The van der Waals surface area contributed by atoms with Crippen molar-refractivity contribution in [3.63, 3.8) is 0 Å². The van der Waals surface area contributed by atoms with E-state index in [1.165, 1.54) is 0 Å². The third kappa shape index (κ3) is 7.10. The van der Waals surface area contributed by atoms with Crippen LogP contribution in [0.3, 0.4) is 0 Å². The maximum Gasteiger partial charge on any atom is 0.475 e. The molecule has 4 N–H and O–H groups in total. The van der Waals surface area contributed by atoms with E-state index in [4.69, 9.17) is 0 Å². The summed E-state index contributed by atoms with van der Waals surface area (Å²) in [6.45, 7) is 0.294. The van der Waals surface area contributed by atoms with E-state index >= 15 is 0 Å². The van der Waals surface area contributed by atoms with Gasteiger partial charge in [-0.15, -0.1) is 0 Å². The molecule has 2 amide bonds. The highest BCUT2D eigenvalue weighted by Crippen LogP contribution is 2.19. The van der Waals surface area contributed by atoms with Gasteiger partial charge in [0.2, 0.25) is 11.8 Å². The van der Waals surface area contributed by atoms with Gasteiger partial charge in [-0.3, -0.25) is 9.59 Å². The predicted octanol–water partition coefficient (Wildman–Crippen LogP) is 2.10. The predicted molar refractivity (Wildman–Crippen MR) is 121 cm³/mol. The van der Waals surface area contributed by atoms with Crippen LogP contribution < -0.4 is 10.6 Å².